The molecule has 412 valence electrons. The molecule has 11 N–H and O–H groups in total. The fourth-order valence-electron chi connectivity index (χ4n) is 15.9. The highest BCUT2D eigenvalue weighted by molar-refractivity contribution is 5.79. The Bertz CT molecular complexity index is 1990. The number of rotatable bonds is 9. The number of allylic oxidation sites excluding steroid dienone is 2. The van der Waals surface area contributed by atoms with Crippen LogP contribution in [0.15, 0.2) is 11.6 Å². The van der Waals surface area contributed by atoms with Gasteiger partial charge in [0.05, 0.1) is 37.4 Å². The van der Waals surface area contributed by atoms with E-state index in [0.29, 0.717) is 19.3 Å². The van der Waals surface area contributed by atoms with Gasteiger partial charge in [0.15, 0.2) is 18.9 Å². The van der Waals surface area contributed by atoms with Gasteiger partial charge in [0, 0.05) is 0 Å². The summed E-state index contributed by atoms with van der Waals surface area (Å²) in [5.74, 6) is -0.146. The Kier molecular flexibility index (Phi) is 15.2. The number of hydrogen-bond donors (Lipinski definition) is 11. The Labute approximate surface area is 421 Å². The van der Waals surface area contributed by atoms with E-state index in [1.54, 1.807) is 0 Å². The standard InChI is InChI=1S/C52H84O20/c1-23-32(56)36(60)41(71-42-37(61)33(57)26(54)21-65-42)45(67-23)70-40-27(55)22-66-43(39(40)63)69-31-12-13-49(6)29(48(31,4)5)11-14-51(8)30(49)10-9-24-25-19-47(2,3)15-17-52(25,18-16-50(24,51)7)46(64)72-44-38(62)35(59)34(58)28(20-53)68-44/h9,23,25-45,53-63H,10-22H2,1-8H3/t23-,25?,26-,27-,28-,29?,30?,31+,32-,33+,34-,35+,36+,37-,38-,39-,40+,41+,42-,43+,44+,45+,49+,50-,51-,52+/m1/s1. The molecule has 0 aromatic heterocycles. The maximum atomic E-state index is 14.7. The smallest absolute Gasteiger partial charge is 0.315 e. The highest BCUT2D eigenvalue weighted by Crippen LogP contribution is 2.76. The molecule has 4 heterocycles. The number of fused-ring (bicyclic) bond motifs is 7. The normalized spacial score (nSPS) is 54.2. The minimum atomic E-state index is -1.73. The summed E-state index contributed by atoms with van der Waals surface area (Å²) in [7, 11) is 0. The number of esters is 1. The molecular formula is C52H84O20. The molecule has 0 aromatic rings. The number of aliphatic hydroxyl groups excluding tert-OH is 11. The first-order chi connectivity index (χ1) is 33.7. The van der Waals surface area contributed by atoms with Gasteiger partial charge in [-0.05, 0) is 116 Å². The van der Waals surface area contributed by atoms with E-state index in [9.17, 15) is 61.0 Å². The Hall–Kier alpha value is -1.51. The second-order valence-corrected chi connectivity index (χ2v) is 25.4. The van der Waals surface area contributed by atoms with Crippen molar-refractivity contribution >= 4 is 5.97 Å². The zero-order valence-corrected chi connectivity index (χ0v) is 43.1. The number of aliphatic hydroxyl groups is 11. The van der Waals surface area contributed by atoms with Crippen LogP contribution in [0.2, 0.25) is 0 Å². The summed E-state index contributed by atoms with van der Waals surface area (Å²) < 4.78 is 47.8. The maximum Gasteiger partial charge on any atom is 0.315 e. The Balaban J connectivity index is 0.912. The monoisotopic (exact) mass is 1030 g/mol. The summed E-state index contributed by atoms with van der Waals surface area (Å²) in [6.07, 6.45) is -17.0. The quantitative estimate of drug-likeness (QED) is 0.0839. The Morgan fingerprint density at radius 2 is 1.26 bits per heavy atom. The minimum absolute atomic E-state index is 0.0583. The number of carbonyl (C=O) groups excluding carboxylic acids is 1. The Morgan fingerprint density at radius 1 is 0.625 bits per heavy atom. The molecule has 4 aliphatic heterocycles. The predicted molar refractivity (Wildman–Crippen MR) is 249 cm³/mol. The number of carbonyl (C=O) groups is 1. The topological polar surface area (TPSA) is 313 Å². The second kappa shape index (κ2) is 19.7. The van der Waals surface area contributed by atoms with Crippen molar-refractivity contribution in [1.29, 1.82) is 0 Å². The predicted octanol–water partition coefficient (Wildman–Crippen LogP) is 0.271. The van der Waals surface area contributed by atoms with E-state index in [2.05, 4.69) is 54.5 Å². The highest BCUT2D eigenvalue weighted by Gasteiger charge is 2.70. The maximum absolute atomic E-state index is 14.7. The third kappa shape index (κ3) is 8.87. The molecular weight excluding hydrogens is 945 g/mol. The van der Waals surface area contributed by atoms with Crippen molar-refractivity contribution in [3.63, 3.8) is 0 Å². The van der Waals surface area contributed by atoms with E-state index >= 15 is 0 Å². The highest BCUT2D eigenvalue weighted by atomic mass is 16.8. The average Bonchev–Trinajstić information content (AvgIpc) is 3.32. The van der Waals surface area contributed by atoms with Crippen LogP contribution < -0.4 is 0 Å². The van der Waals surface area contributed by atoms with Gasteiger partial charge in [0.2, 0.25) is 6.29 Å². The third-order valence-corrected chi connectivity index (χ3v) is 20.6. The molecule has 0 spiro atoms. The van der Waals surface area contributed by atoms with Crippen molar-refractivity contribution in [3.05, 3.63) is 11.6 Å². The lowest BCUT2D eigenvalue weighted by atomic mass is 9.33. The summed E-state index contributed by atoms with van der Waals surface area (Å²) in [4.78, 5) is 14.7. The van der Waals surface area contributed by atoms with Crippen molar-refractivity contribution in [2.75, 3.05) is 19.8 Å². The summed E-state index contributed by atoms with van der Waals surface area (Å²) >= 11 is 0. The summed E-state index contributed by atoms with van der Waals surface area (Å²) in [6, 6.07) is 0. The van der Waals surface area contributed by atoms with Gasteiger partial charge in [0.25, 0.3) is 0 Å². The lowest BCUT2D eigenvalue weighted by Crippen LogP contribution is -2.66. The van der Waals surface area contributed by atoms with Gasteiger partial charge in [-0.25, -0.2) is 0 Å². The van der Waals surface area contributed by atoms with E-state index < -0.39 is 134 Å². The average molecular weight is 1030 g/mol. The van der Waals surface area contributed by atoms with E-state index in [1.165, 1.54) is 12.5 Å². The van der Waals surface area contributed by atoms with Crippen LogP contribution in [0, 0.1) is 50.2 Å². The molecule has 9 rings (SSSR count). The molecule has 4 saturated heterocycles. The van der Waals surface area contributed by atoms with Crippen molar-refractivity contribution in [2.24, 2.45) is 50.2 Å². The number of ether oxygens (including phenoxy) is 8. The molecule has 20 heteroatoms. The van der Waals surface area contributed by atoms with Crippen molar-refractivity contribution in [1.82, 2.24) is 0 Å². The second-order valence-electron chi connectivity index (χ2n) is 25.4. The molecule has 3 unspecified atom stereocenters. The van der Waals surface area contributed by atoms with Crippen LogP contribution in [0.5, 0.6) is 0 Å². The van der Waals surface area contributed by atoms with Gasteiger partial charge in [-0.1, -0.05) is 60.1 Å². The molecule has 5 aliphatic carbocycles. The van der Waals surface area contributed by atoms with Crippen LogP contribution in [0.4, 0.5) is 0 Å². The van der Waals surface area contributed by atoms with E-state index in [1.807, 2.05) is 0 Å². The van der Waals surface area contributed by atoms with Gasteiger partial charge < -0.3 is 94.1 Å². The zero-order valence-electron chi connectivity index (χ0n) is 43.1. The molecule has 0 aromatic carbocycles. The lowest BCUT2D eigenvalue weighted by molar-refractivity contribution is -0.378. The van der Waals surface area contributed by atoms with Crippen molar-refractivity contribution in [2.45, 2.75) is 236 Å². The van der Waals surface area contributed by atoms with Crippen LogP contribution in [0.3, 0.4) is 0 Å². The van der Waals surface area contributed by atoms with Gasteiger partial charge in [0.1, 0.15) is 79.4 Å². The van der Waals surface area contributed by atoms with Crippen molar-refractivity contribution < 1.29 is 98.9 Å². The molecule has 8 fully saturated rings. The molecule has 72 heavy (non-hydrogen) atoms. The minimum Gasteiger partial charge on any atom is -0.432 e. The van der Waals surface area contributed by atoms with Crippen LogP contribution in [0.1, 0.15) is 120 Å². The van der Waals surface area contributed by atoms with Gasteiger partial charge >= 0.3 is 5.97 Å². The summed E-state index contributed by atoms with van der Waals surface area (Å²) in [6.45, 7) is 16.4. The van der Waals surface area contributed by atoms with Crippen molar-refractivity contribution in [3.8, 4) is 0 Å². The molecule has 9 aliphatic rings. The van der Waals surface area contributed by atoms with Gasteiger partial charge in [-0.3, -0.25) is 4.79 Å². The third-order valence-electron chi connectivity index (χ3n) is 20.6. The van der Waals surface area contributed by atoms with Crippen LogP contribution >= 0.6 is 0 Å². The Morgan fingerprint density at radius 3 is 1.96 bits per heavy atom. The van der Waals surface area contributed by atoms with E-state index in [4.69, 9.17) is 37.9 Å². The lowest BCUT2D eigenvalue weighted by Gasteiger charge is -2.71. The first kappa shape index (κ1) is 55.3. The molecule has 0 radical (unpaired) electrons. The van der Waals surface area contributed by atoms with Gasteiger partial charge in [-0.2, -0.15) is 0 Å². The first-order valence-corrected chi connectivity index (χ1v) is 26.5. The molecule has 26 atom stereocenters. The first-order valence-electron chi connectivity index (χ1n) is 26.5. The van der Waals surface area contributed by atoms with Crippen LogP contribution in [-0.4, -0.2) is 199 Å². The number of hydrogen-bond acceptors (Lipinski definition) is 20. The van der Waals surface area contributed by atoms with E-state index in [-0.39, 0.29) is 58.7 Å². The summed E-state index contributed by atoms with van der Waals surface area (Å²) in [5, 5.41) is 117. The molecule has 0 amide bonds. The fraction of sp³-hybridized carbons (Fsp3) is 0.942. The van der Waals surface area contributed by atoms with E-state index in [0.717, 1.165) is 44.9 Å². The SMILES string of the molecule is C[C@H]1O[C@@H](O[C@@H]2[C@@H](O)[C@H](O[C@H]3CC[C@@]4(C)C(CC[C@]5(C)C4CC=C4C6CC(C)(C)CC[C@]6(C(=O)O[C@@H]6O[C@H](CO)[C@@H](O)[C@H](O)[C@H]6O)CC[C@]45C)C3(C)C)OC[C@H]2O)[C@@H](O[C@H]2OC[C@@H](O)[C@H](O)[C@H]2O)[C@@H](O)[C@@H]1O. The van der Waals surface area contributed by atoms with Gasteiger partial charge in [-0.15, -0.1) is 0 Å². The van der Waals surface area contributed by atoms with Crippen LogP contribution in [0.25, 0.3) is 0 Å². The fourth-order valence-corrected chi connectivity index (χ4v) is 15.9. The van der Waals surface area contributed by atoms with Crippen LogP contribution in [-0.2, 0) is 42.7 Å². The largest absolute Gasteiger partial charge is 0.432 e. The molecule has 0 bridgehead atoms. The molecule has 4 saturated carbocycles. The summed E-state index contributed by atoms with van der Waals surface area (Å²) in [5.41, 5.74) is -0.602. The molecule has 20 nitrogen and oxygen atoms in total. The zero-order chi connectivity index (χ0) is 52.4.